The maximum atomic E-state index is 10.5. The van der Waals surface area contributed by atoms with Gasteiger partial charge in [-0.2, -0.15) is 5.26 Å². The van der Waals surface area contributed by atoms with Crippen LogP contribution in [0, 0.1) is 11.3 Å². The lowest BCUT2D eigenvalue weighted by Crippen LogP contribution is -2.00. The molecule has 0 bridgehead atoms. The molecule has 1 aromatic heterocycles. The highest BCUT2D eigenvalue weighted by Gasteiger charge is 2.23. The topological polar surface area (TPSA) is 62.5 Å². The summed E-state index contributed by atoms with van der Waals surface area (Å²) < 4.78 is 0. The van der Waals surface area contributed by atoms with Crippen LogP contribution in [0.4, 0.5) is 0 Å². The predicted octanol–water partition coefficient (Wildman–Crippen LogP) is 18.2. The first-order valence-corrected chi connectivity index (χ1v) is 25.0. The molecule has 0 N–H and O–H groups in total. The molecule has 13 aromatic rings. The van der Waals surface area contributed by atoms with Crippen LogP contribution in [0.2, 0.25) is 0 Å². The molecule has 0 saturated carbocycles. The summed E-state index contributed by atoms with van der Waals surface area (Å²) in [5, 5.41) is 18.0. The fraction of sp³-hybridized carbons (Fsp3) is 0. The van der Waals surface area contributed by atoms with Crippen LogP contribution < -0.4 is 0 Å². The van der Waals surface area contributed by atoms with Crippen LogP contribution in [-0.4, -0.2) is 15.0 Å². The van der Waals surface area contributed by atoms with Crippen molar-refractivity contribution >= 4 is 32.3 Å². The summed E-state index contributed by atoms with van der Waals surface area (Å²) in [4.78, 5) is 15.3. The number of nitrogens with zero attached hydrogens (tertiary/aromatic N) is 4. The van der Waals surface area contributed by atoms with Crippen molar-refractivity contribution in [3.05, 3.63) is 260 Å². The minimum Gasteiger partial charge on any atom is -0.208 e. The lowest BCUT2D eigenvalue weighted by atomic mass is 9.89. The van der Waals surface area contributed by atoms with Crippen molar-refractivity contribution in [3.63, 3.8) is 0 Å². The molecule has 0 spiro atoms. The molecule has 0 atom stereocenters. The largest absolute Gasteiger partial charge is 0.208 e. The molecule has 14 rings (SSSR count). The molecule has 0 fully saturated rings. The molecule has 0 aliphatic heterocycles. The van der Waals surface area contributed by atoms with Crippen LogP contribution in [0.25, 0.3) is 144 Å². The van der Waals surface area contributed by atoms with Gasteiger partial charge in [0.2, 0.25) is 0 Å². The molecule has 0 amide bonds. The number of hydrogen-bond acceptors (Lipinski definition) is 4. The van der Waals surface area contributed by atoms with E-state index in [4.69, 9.17) is 15.0 Å². The Morgan fingerprint density at radius 2 is 0.703 bits per heavy atom. The molecule has 0 radical (unpaired) electrons. The van der Waals surface area contributed by atoms with E-state index < -0.39 is 0 Å². The van der Waals surface area contributed by atoms with Gasteiger partial charge in [-0.15, -0.1) is 0 Å². The van der Waals surface area contributed by atoms with Crippen LogP contribution >= 0.6 is 0 Å². The minimum absolute atomic E-state index is 0.563. The van der Waals surface area contributed by atoms with E-state index in [1.54, 1.807) is 0 Å². The van der Waals surface area contributed by atoms with E-state index in [1.807, 2.05) is 54.6 Å². The SMILES string of the molecule is N#Cc1cc(-c2cccc(-c3nc(-c4ccccc4)nc(-c4ccc(-c5ccc6c7c(cccc57)-c5ccccc5-6)cc4)n3)c2)cc(-c2ccccc2-c2cccc(-c3cccc4c3ccc3ccccc34)c2)c1. The molecular weight excluding hydrogens is 897 g/mol. The molecule has 1 aliphatic rings. The highest BCUT2D eigenvalue weighted by atomic mass is 15.0. The zero-order chi connectivity index (χ0) is 49.1. The Labute approximate surface area is 428 Å². The van der Waals surface area contributed by atoms with Crippen molar-refractivity contribution < 1.29 is 0 Å². The monoisotopic (exact) mass is 938 g/mol. The zero-order valence-electron chi connectivity index (χ0n) is 40.0. The first kappa shape index (κ1) is 42.8. The summed E-state index contributed by atoms with van der Waals surface area (Å²) in [7, 11) is 0. The maximum absolute atomic E-state index is 10.5. The summed E-state index contributed by atoms with van der Waals surface area (Å²) in [6, 6.07) is 92.3. The van der Waals surface area contributed by atoms with Crippen LogP contribution in [0.5, 0.6) is 0 Å². The molecule has 74 heavy (non-hydrogen) atoms. The number of benzene rings is 12. The maximum Gasteiger partial charge on any atom is 0.164 e. The second-order valence-corrected chi connectivity index (χ2v) is 19.0. The Morgan fingerprint density at radius 3 is 1.46 bits per heavy atom. The fourth-order valence-electron chi connectivity index (χ4n) is 11.2. The van der Waals surface area contributed by atoms with Gasteiger partial charge in [0.1, 0.15) is 0 Å². The summed E-state index contributed by atoms with van der Waals surface area (Å²) in [6.45, 7) is 0. The van der Waals surface area contributed by atoms with Crippen molar-refractivity contribution in [2.75, 3.05) is 0 Å². The third-order valence-electron chi connectivity index (χ3n) is 14.7. The fourth-order valence-corrected chi connectivity index (χ4v) is 11.2. The van der Waals surface area contributed by atoms with Crippen molar-refractivity contribution in [2.45, 2.75) is 0 Å². The van der Waals surface area contributed by atoms with Crippen LogP contribution in [-0.2, 0) is 0 Å². The minimum atomic E-state index is 0.563. The second-order valence-electron chi connectivity index (χ2n) is 19.0. The third kappa shape index (κ3) is 7.34. The van der Waals surface area contributed by atoms with Gasteiger partial charge >= 0.3 is 0 Å². The second kappa shape index (κ2) is 17.6. The van der Waals surface area contributed by atoms with Crippen molar-refractivity contribution in [1.29, 1.82) is 5.26 Å². The predicted molar refractivity (Wildman–Crippen MR) is 305 cm³/mol. The normalized spacial score (nSPS) is 11.5. The van der Waals surface area contributed by atoms with E-state index in [9.17, 15) is 5.26 Å². The Kier molecular flexibility index (Phi) is 10.2. The van der Waals surface area contributed by atoms with E-state index in [2.05, 4.69) is 206 Å². The molecule has 4 heteroatoms. The van der Waals surface area contributed by atoms with Crippen molar-refractivity contribution in [2.24, 2.45) is 0 Å². The van der Waals surface area contributed by atoms with Crippen molar-refractivity contribution in [1.82, 2.24) is 15.0 Å². The van der Waals surface area contributed by atoms with E-state index in [0.717, 1.165) is 61.2 Å². The highest BCUT2D eigenvalue weighted by Crippen LogP contribution is 2.49. The number of aromatic nitrogens is 3. The average Bonchev–Trinajstić information content (AvgIpc) is 3.82. The Balaban J connectivity index is 0.820. The molecule has 0 unspecified atom stereocenters. The number of rotatable bonds is 8. The molecule has 4 nitrogen and oxygen atoms in total. The molecule has 1 heterocycles. The molecular formula is C70H42N4. The van der Waals surface area contributed by atoms with Gasteiger partial charge in [0.15, 0.2) is 17.5 Å². The van der Waals surface area contributed by atoms with Crippen molar-refractivity contribution in [3.8, 4) is 118 Å². The van der Waals surface area contributed by atoms with Gasteiger partial charge in [-0.3, -0.25) is 0 Å². The molecule has 342 valence electrons. The zero-order valence-corrected chi connectivity index (χ0v) is 40.0. The molecule has 0 saturated heterocycles. The van der Waals surface area contributed by atoms with Crippen LogP contribution in [0.3, 0.4) is 0 Å². The summed E-state index contributed by atoms with van der Waals surface area (Å²) in [6.07, 6.45) is 0. The first-order valence-electron chi connectivity index (χ1n) is 25.0. The summed E-state index contributed by atoms with van der Waals surface area (Å²) in [5.74, 6) is 1.74. The lowest BCUT2D eigenvalue weighted by molar-refractivity contribution is 1.07. The van der Waals surface area contributed by atoms with Crippen LogP contribution in [0.1, 0.15) is 5.56 Å². The highest BCUT2D eigenvalue weighted by molar-refractivity contribution is 6.19. The van der Waals surface area contributed by atoms with E-state index >= 15 is 0 Å². The molecule has 12 aromatic carbocycles. The molecule has 1 aliphatic carbocycles. The Bertz CT molecular complexity index is 4400. The van der Waals surface area contributed by atoms with Crippen LogP contribution in [0.15, 0.2) is 255 Å². The number of hydrogen-bond donors (Lipinski definition) is 0. The van der Waals surface area contributed by atoms with Gasteiger partial charge in [0.05, 0.1) is 11.6 Å². The van der Waals surface area contributed by atoms with E-state index in [-0.39, 0.29) is 0 Å². The smallest absolute Gasteiger partial charge is 0.164 e. The summed E-state index contributed by atoms with van der Waals surface area (Å²) >= 11 is 0. The quantitative estimate of drug-likeness (QED) is 0.142. The van der Waals surface area contributed by atoms with Gasteiger partial charge in [0.25, 0.3) is 0 Å². The Morgan fingerprint density at radius 1 is 0.243 bits per heavy atom. The standard InChI is InChI=1S/C70H42N4/c71-43-44-38-53(42-54(39-44)58-23-7-6-22-56(58)50-18-11-19-51(41-50)57-26-12-27-60-55-21-5-4-14-45(55)34-35-63(57)60)49-17-10-20-52(40-49)70-73-68(47-15-2-1-3-16-47)72-69(74-70)48-32-30-46(31-33-48)59-36-37-66-62-25-9-8-24-61(62)65-29-13-28-64(59)67(65)66/h1-42H. The van der Waals surface area contributed by atoms with Gasteiger partial charge in [-0.25, -0.2) is 15.0 Å². The van der Waals surface area contributed by atoms with Gasteiger partial charge in [-0.05, 0) is 141 Å². The lowest BCUT2D eigenvalue weighted by Gasteiger charge is -2.15. The van der Waals surface area contributed by atoms with Gasteiger partial charge in [-0.1, -0.05) is 224 Å². The first-order chi connectivity index (χ1) is 36.6. The summed E-state index contributed by atoms with van der Waals surface area (Å²) in [5.41, 5.74) is 19.1. The van der Waals surface area contributed by atoms with E-state index in [1.165, 1.54) is 65.7 Å². The van der Waals surface area contributed by atoms with Gasteiger partial charge in [0, 0.05) is 16.7 Å². The Hall–Kier alpha value is -10.1. The third-order valence-corrected chi connectivity index (χ3v) is 14.7. The number of fused-ring (bicyclic) bond motifs is 6. The van der Waals surface area contributed by atoms with E-state index in [0.29, 0.717) is 23.0 Å². The van der Waals surface area contributed by atoms with Gasteiger partial charge < -0.3 is 0 Å². The average molecular weight is 939 g/mol. The number of nitriles is 1.